The standard InChI is InChI=1S/C23H33NO3S/c1-21(2)18-8-10-23(21,20(25)15-18)16-28(26,27)24-13-11-22(12-14-24)9-7-17-5-3-4-6-19(17)22/h3-6,18,20,25H,7-16H2,1-2H3/t18?,20-,23-/m1/s1. The Labute approximate surface area is 169 Å². The van der Waals surface area contributed by atoms with Crippen LogP contribution in [0.3, 0.4) is 0 Å². The first-order chi connectivity index (χ1) is 13.2. The molecule has 4 nitrogen and oxygen atoms in total. The number of rotatable bonds is 3. The zero-order valence-corrected chi connectivity index (χ0v) is 18.0. The lowest BCUT2D eigenvalue weighted by atomic mass is 9.70. The second-order valence-corrected chi connectivity index (χ2v) is 12.4. The maximum atomic E-state index is 13.4. The van der Waals surface area contributed by atoms with Gasteiger partial charge in [0.15, 0.2) is 0 Å². The van der Waals surface area contributed by atoms with Crippen molar-refractivity contribution >= 4 is 10.0 Å². The molecule has 1 N–H and O–H groups in total. The molecular formula is C23H33NO3S. The molecule has 2 saturated carbocycles. The Morgan fingerprint density at radius 3 is 2.46 bits per heavy atom. The van der Waals surface area contributed by atoms with Crippen LogP contribution in [0, 0.1) is 16.7 Å². The van der Waals surface area contributed by atoms with Crippen LogP contribution in [-0.2, 0) is 21.9 Å². The zero-order chi connectivity index (χ0) is 19.8. The molecule has 3 aliphatic carbocycles. The normalized spacial score (nSPS) is 36.1. The molecule has 3 fully saturated rings. The number of hydrogen-bond acceptors (Lipinski definition) is 3. The Morgan fingerprint density at radius 2 is 1.82 bits per heavy atom. The molecule has 1 spiro atoms. The van der Waals surface area contributed by atoms with Gasteiger partial charge >= 0.3 is 0 Å². The van der Waals surface area contributed by atoms with Crippen molar-refractivity contribution in [2.75, 3.05) is 18.8 Å². The molecular weight excluding hydrogens is 370 g/mol. The summed E-state index contributed by atoms with van der Waals surface area (Å²) in [7, 11) is -3.36. The van der Waals surface area contributed by atoms with Crippen molar-refractivity contribution in [3.05, 3.63) is 35.4 Å². The third-order valence-corrected chi connectivity index (χ3v) is 11.4. The molecule has 0 radical (unpaired) electrons. The van der Waals surface area contributed by atoms with Gasteiger partial charge in [0.05, 0.1) is 11.9 Å². The molecule has 1 unspecified atom stereocenters. The van der Waals surface area contributed by atoms with Gasteiger partial charge in [0.1, 0.15) is 0 Å². The fourth-order valence-corrected chi connectivity index (χ4v) is 9.55. The molecule has 28 heavy (non-hydrogen) atoms. The minimum Gasteiger partial charge on any atom is -0.392 e. The number of hydrogen-bond donors (Lipinski definition) is 1. The second kappa shape index (κ2) is 6.05. The predicted octanol–water partition coefficient (Wildman–Crippen LogP) is 3.48. The van der Waals surface area contributed by atoms with E-state index in [0.717, 1.165) is 44.9 Å². The highest BCUT2D eigenvalue weighted by molar-refractivity contribution is 7.89. The smallest absolute Gasteiger partial charge is 0.214 e. The highest BCUT2D eigenvalue weighted by atomic mass is 32.2. The van der Waals surface area contributed by atoms with Crippen LogP contribution in [0.2, 0.25) is 0 Å². The summed E-state index contributed by atoms with van der Waals surface area (Å²) in [5, 5.41) is 10.8. The molecule has 2 bridgehead atoms. The SMILES string of the molecule is CC1(C)C2CC[C@@]1(CS(=O)(=O)N1CCC3(CCc4ccccc43)CC1)[C@H](O)C2. The molecule has 1 aromatic carbocycles. The Bertz CT molecular complexity index is 885. The molecule has 1 aromatic rings. The number of piperidine rings is 1. The first kappa shape index (κ1) is 19.1. The Kier molecular flexibility index (Phi) is 4.12. The average molecular weight is 404 g/mol. The van der Waals surface area contributed by atoms with Crippen molar-refractivity contribution in [3.63, 3.8) is 0 Å². The number of aryl methyl sites for hydroxylation is 1. The summed E-state index contributed by atoms with van der Waals surface area (Å²) in [6, 6.07) is 8.71. The van der Waals surface area contributed by atoms with E-state index in [0.29, 0.717) is 19.0 Å². The monoisotopic (exact) mass is 403 g/mol. The van der Waals surface area contributed by atoms with E-state index in [2.05, 4.69) is 38.1 Å². The van der Waals surface area contributed by atoms with Crippen molar-refractivity contribution in [2.24, 2.45) is 16.7 Å². The van der Waals surface area contributed by atoms with Gasteiger partial charge in [-0.25, -0.2) is 12.7 Å². The third-order valence-electron chi connectivity index (χ3n) is 9.36. The van der Waals surface area contributed by atoms with Gasteiger partial charge in [-0.05, 0) is 72.8 Å². The van der Waals surface area contributed by atoms with Crippen LogP contribution in [0.15, 0.2) is 24.3 Å². The molecule has 1 heterocycles. The lowest BCUT2D eigenvalue weighted by molar-refractivity contribution is 0.0143. The van der Waals surface area contributed by atoms with Crippen LogP contribution in [0.4, 0.5) is 0 Å². The Hall–Kier alpha value is -0.910. The first-order valence-corrected chi connectivity index (χ1v) is 12.6. The van der Waals surface area contributed by atoms with E-state index in [9.17, 15) is 13.5 Å². The lowest BCUT2D eigenvalue weighted by Crippen LogP contribution is -2.51. The van der Waals surface area contributed by atoms with Crippen LogP contribution >= 0.6 is 0 Å². The van der Waals surface area contributed by atoms with E-state index < -0.39 is 21.5 Å². The van der Waals surface area contributed by atoms with Crippen LogP contribution < -0.4 is 0 Å². The van der Waals surface area contributed by atoms with Gasteiger partial charge in [0.2, 0.25) is 10.0 Å². The molecule has 1 saturated heterocycles. The molecule has 5 heteroatoms. The molecule has 1 aliphatic heterocycles. The van der Waals surface area contributed by atoms with Gasteiger partial charge in [-0.1, -0.05) is 38.1 Å². The van der Waals surface area contributed by atoms with Gasteiger partial charge in [0, 0.05) is 18.5 Å². The van der Waals surface area contributed by atoms with E-state index >= 15 is 0 Å². The highest BCUT2D eigenvalue weighted by Crippen LogP contribution is 2.66. The van der Waals surface area contributed by atoms with Crippen LogP contribution in [0.1, 0.15) is 63.5 Å². The topological polar surface area (TPSA) is 57.6 Å². The van der Waals surface area contributed by atoms with Crippen molar-refractivity contribution in [2.45, 2.75) is 70.3 Å². The molecule has 4 aliphatic rings. The minimum absolute atomic E-state index is 0.0963. The van der Waals surface area contributed by atoms with E-state index in [-0.39, 0.29) is 16.6 Å². The zero-order valence-electron chi connectivity index (χ0n) is 17.2. The van der Waals surface area contributed by atoms with E-state index in [1.165, 1.54) is 11.1 Å². The minimum atomic E-state index is -3.36. The van der Waals surface area contributed by atoms with Crippen molar-refractivity contribution in [3.8, 4) is 0 Å². The molecule has 154 valence electrons. The van der Waals surface area contributed by atoms with Gasteiger partial charge in [-0.3, -0.25) is 0 Å². The average Bonchev–Trinajstić information content (AvgIpc) is 3.19. The number of benzene rings is 1. The molecule has 0 amide bonds. The first-order valence-electron chi connectivity index (χ1n) is 10.9. The number of sulfonamides is 1. The fourth-order valence-electron chi connectivity index (χ4n) is 7.27. The summed E-state index contributed by atoms with van der Waals surface area (Å²) in [5.74, 6) is 0.575. The fraction of sp³-hybridized carbons (Fsp3) is 0.739. The highest BCUT2D eigenvalue weighted by Gasteiger charge is 2.65. The molecule has 3 atom stereocenters. The second-order valence-electron chi connectivity index (χ2n) is 10.5. The largest absolute Gasteiger partial charge is 0.392 e. The third kappa shape index (κ3) is 2.45. The van der Waals surface area contributed by atoms with E-state index in [1.54, 1.807) is 4.31 Å². The lowest BCUT2D eigenvalue weighted by Gasteiger charge is -2.44. The molecule has 5 rings (SSSR count). The number of nitrogens with zero attached hydrogens (tertiary/aromatic N) is 1. The van der Waals surface area contributed by atoms with Crippen molar-refractivity contribution < 1.29 is 13.5 Å². The van der Waals surface area contributed by atoms with Gasteiger partial charge < -0.3 is 5.11 Å². The quantitative estimate of drug-likeness (QED) is 0.841. The summed E-state index contributed by atoms with van der Waals surface area (Å²) in [4.78, 5) is 0. The summed E-state index contributed by atoms with van der Waals surface area (Å²) < 4.78 is 28.6. The van der Waals surface area contributed by atoms with E-state index in [1.807, 2.05) is 0 Å². The number of aliphatic hydroxyl groups is 1. The van der Waals surface area contributed by atoms with Gasteiger partial charge in [0.25, 0.3) is 0 Å². The Morgan fingerprint density at radius 1 is 1.11 bits per heavy atom. The summed E-state index contributed by atoms with van der Waals surface area (Å²) in [6.45, 7) is 5.59. The predicted molar refractivity (Wildman–Crippen MR) is 111 cm³/mol. The van der Waals surface area contributed by atoms with E-state index in [4.69, 9.17) is 0 Å². The van der Waals surface area contributed by atoms with Crippen molar-refractivity contribution in [1.82, 2.24) is 4.31 Å². The van der Waals surface area contributed by atoms with Crippen molar-refractivity contribution in [1.29, 1.82) is 0 Å². The summed E-state index contributed by atoms with van der Waals surface area (Å²) >= 11 is 0. The van der Waals surface area contributed by atoms with Gasteiger partial charge in [-0.15, -0.1) is 0 Å². The summed E-state index contributed by atoms with van der Waals surface area (Å²) in [6.07, 6.45) is 6.30. The van der Waals surface area contributed by atoms with Crippen LogP contribution in [0.25, 0.3) is 0 Å². The van der Waals surface area contributed by atoms with Crippen LogP contribution in [-0.4, -0.2) is 42.8 Å². The number of aliphatic hydroxyl groups excluding tert-OH is 1. The number of fused-ring (bicyclic) bond motifs is 4. The molecule has 0 aromatic heterocycles. The Balaban J connectivity index is 1.34. The maximum Gasteiger partial charge on any atom is 0.214 e. The summed E-state index contributed by atoms with van der Waals surface area (Å²) in [5.41, 5.74) is 2.51. The van der Waals surface area contributed by atoms with Crippen LogP contribution in [0.5, 0.6) is 0 Å². The van der Waals surface area contributed by atoms with Gasteiger partial charge in [-0.2, -0.15) is 0 Å². The maximum absolute atomic E-state index is 13.4.